The van der Waals surface area contributed by atoms with E-state index in [1.54, 1.807) is 25.3 Å². The van der Waals surface area contributed by atoms with Crippen LogP contribution in [0.25, 0.3) is 10.8 Å². The first kappa shape index (κ1) is 23.9. The highest BCUT2D eigenvalue weighted by molar-refractivity contribution is 7.99. The van der Waals surface area contributed by atoms with Crippen LogP contribution >= 0.6 is 11.8 Å². The van der Waals surface area contributed by atoms with Crippen LogP contribution in [0.4, 0.5) is 11.6 Å². The van der Waals surface area contributed by atoms with Crippen molar-refractivity contribution in [3.63, 3.8) is 0 Å². The van der Waals surface area contributed by atoms with E-state index < -0.39 is 0 Å². The van der Waals surface area contributed by atoms with Gasteiger partial charge in [-0.3, -0.25) is 4.79 Å². The highest BCUT2D eigenvalue weighted by atomic mass is 32.2. The summed E-state index contributed by atoms with van der Waals surface area (Å²) in [6, 6.07) is 19.4. The Hall–Kier alpha value is -4.25. The molecule has 0 spiro atoms. The van der Waals surface area contributed by atoms with Crippen molar-refractivity contribution in [3.8, 4) is 11.5 Å². The lowest BCUT2D eigenvalue weighted by Gasteiger charge is -2.10. The molecule has 10 nitrogen and oxygen atoms in total. The number of hydrogen-bond acceptors (Lipinski definition) is 9. The van der Waals surface area contributed by atoms with Gasteiger partial charge in [0.25, 0.3) is 5.95 Å². The smallest absolute Gasteiger partial charge is 0.264 e. The van der Waals surface area contributed by atoms with Crippen LogP contribution in [0.3, 0.4) is 0 Å². The maximum absolute atomic E-state index is 12.4. The first-order valence-corrected chi connectivity index (χ1v) is 11.6. The van der Waals surface area contributed by atoms with Gasteiger partial charge in [0.15, 0.2) is 11.5 Å². The maximum atomic E-state index is 12.4. The Bertz CT molecular complexity index is 1390. The number of nitrogens with two attached hydrogens (primary N) is 1. The number of nitrogens with zero attached hydrogens (tertiary/aromatic N) is 4. The molecule has 0 bridgehead atoms. The van der Waals surface area contributed by atoms with Gasteiger partial charge in [-0.1, -0.05) is 48.2 Å². The van der Waals surface area contributed by atoms with Crippen molar-refractivity contribution < 1.29 is 14.3 Å². The minimum absolute atomic E-state index is 0.0864. The third-order valence-corrected chi connectivity index (χ3v) is 6.10. The van der Waals surface area contributed by atoms with Crippen LogP contribution in [0.5, 0.6) is 11.5 Å². The van der Waals surface area contributed by atoms with E-state index in [9.17, 15) is 4.79 Å². The van der Waals surface area contributed by atoms with Gasteiger partial charge >= 0.3 is 0 Å². The molecule has 0 aliphatic rings. The number of benzene rings is 3. The highest BCUT2D eigenvalue weighted by Gasteiger charge is 2.13. The van der Waals surface area contributed by atoms with E-state index in [1.165, 1.54) is 11.8 Å². The van der Waals surface area contributed by atoms with Gasteiger partial charge in [-0.15, -0.1) is 10.2 Å². The molecule has 0 saturated heterocycles. The standard InChI is InChI=1S/C24H25N7O3S/c1-15(17-9-8-16-6-4-5-7-18(16)12-17)27-28-23-29-30-24(31(23)25)35-14-22(32)26-19-10-11-20(33-2)21(13-19)34-3/h4-13H,14,25H2,1-3H3,(H,26,32)(H,28,29)/b27-15+. The summed E-state index contributed by atoms with van der Waals surface area (Å²) in [5.74, 6) is 7.30. The lowest BCUT2D eigenvalue weighted by Crippen LogP contribution is -2.17. The van der Waals surface area contributed by atoms with Gasteiger partial charge in [0, 0.05) is 11.8 Å². The second-order valence-electron chi connectivity index (χ2n) is 7.45. The molecule has 1 heterocycles. The van der Waals surface area contributed by atoms with Crippen molar-refractivity contribution in [2.75, 3.05) is 36.6 Å². The summed E-state index contributed by atoms with van der Waals surface area (Å²) in [4.78, 5) is 12.4. The third kappa shape index (κ3) is 5.64. The Morgan fingerprint density at radius 2 is 1.80 bits per heavy atom. The predicted octanol–water partition coefficient (Wildman–Crippen LogP) is 3.73. The molecule has 180 valence electrons. The quantitative estimate of drug-likeness (QED) is 0.140. The number of thioether (sulfide) groups is 1. The molecule has 1 aromatic heterocycles. The molecule has 35 heavy (non-hydrogen) atoms. The Balaban J connectivity index is 1.35. The van der Waals surface area contributed by atoms with Crippen molar-refractivity contribution in [1.82, 2.24) is 14.9 Å². The molecule has 4 aromatic rings. The number of ether oxygens (including phenoxy) is 2. The number of anilines is 2. The molecular formula is C24H25N7O3S. The van der Waals surface area contributed by atoms with E-state index in [4.69, 9.17) is 15.3 Å². The fraction of sp³-hybridized carbons (Fsp3) is 0.167. The molecule has 0 saturated carbocycles. The van der Waals surface area contributed by atoms with E-state index in [0.717, 1.165) is 33.8 Å². The molecule has 1 amide bonds. The molecule has 0 aliphatic heterocycles. The summed E-state index contributed by atoms with van der Waals surface area (Å²) in [5.41, 5.74) is 5.17. The number of nitrogens with one attached hydrogen (secondary N) is 2. The number of carbonyl (C=O) groups excluding carboxylic acids is 1. The molecular weight excluding hydrogens is 466 g/mol. The van der Waals surface area contributed by atoms with Gasteiger partial charge in [0.1, 0.15) is 0 Å². The van der Waals surface area contributed by atoms with Gasteiger partial charge in [-0.05, 0) is 41.5 Å². The van der Waals surface area contributed by atoms with Gasteiger partial charge < -0.3 is 20.6 Å². The van der Waals surface area contributed by atoms with Crippen LogP contribution in [-0.4, -0.2) is 46.5 Å². The van der Waals surface area contributed by atoms with Crippen molar-refractivity contribution in [2.45, 2.75) is 12.1 Å². The molecule has 3 aromatic carbocycles. The van der Waals surface area contributed by atoms with Crippen LogP contribution in [0.2, 0.25) is 0 Å². The number of fused-ring (bicyclic) bond motifs is 1. The number of carbonyl (C=O) groups is 1. The minimum atomic E-state index is -0.232. The van der Waals surface area contributed by atoms with E-state index in [-0.39, 0.29) is 17.6 Å². The van der Waals surface area contributed by atoms with Crippen LogP contribution in [0.15, 0.2) is 70.9 Å². The third-order valence-electron chi connectivity index (χ3n) is 5.16. The Morgan fingerprint density at radius 3 is 2.57 bits per heavy atom. The summed E-state index contributed by atoms with van der Waals surface area (Å²) in [6.45, 7) is 1.89. The van der Waals surface area contributed by atoms with Crippen LogP contribution < -0.4 is 26.1 Å². The topological polar surface area (TPSA) is 129 Å². The van der Waals surface area contributed by atoms with E-state index in [0.29, 0.717) is 22.3 Å². The second-order valence-corrected chi connectivity index (χ2v) is 8.40. The fourth-order valence-electron chi connectivity index (χ4n) is 3.31. The highest BCUT2D eigenvalue weighted by Crippen LogP contribution is 2.30. The average molecular weight is 492 g/mol. The van der Waals surface area contributed by atoms with Gasteiger partial charge in [-0.25, -0.2) is 10.1 Å². The number of amides is 1. The van der Waals surface area contributed by atoms with Crippen LogP contribution in [0, 0.1) is 0 Å². The number of nitrogen functional groups attached to an aromatic ring is 1. The van der Waals surface area contributed by atoms with E-state index in [2.05, 4.69) is 50.3 Å². The molecule has 0 atom stereocenters. The van der Waals surface area contributed by atoms with Crippen molar-refractivity contribution in [2.24, 2.45) is 5.10 Å². The first-order valence-electron chi connectivity index (χ1n) is 10.6. The molecule has 0 aliphatic carbocycles. The Kier molecular flexibility index (Phi) is 7.36. The molecule has 11 heteroatoms. The SMILES string of the molecule is COc1ccc(NC(=O)CSc2nnc(N/N=C(\C)c3ccc4ccccc4c3)n2N)cc1OC. The zero-order valence-electron chi connectivity index (χ0n) is 19.5. The monoisotopic (exact) mass is 491 g/mol. The molecule has 0 unspecified atom stereocenters. The summed E-state index contributed by atoms with van der Waals surface area (Å²) >= 11 is 1.15. The summed E-state index contributed by atoms with van der Waals surface area (Å²) in [6.07, 6.45) is 0. The summed E-state index contributed by atoms with van der Waals surface area (Å²) in [7, 11) is 3.08. The van der Waals surface area contributed by atoms with Crippen LogP contribution in [0.1, 0.15) is 12.5 Å². The van der Waals surface area contributed by atoms with Crippen molar-refractivity contribution in [3.05, 3.63) is 66.2 Å². The first-order chi connectivity index (χ1) is 17.0. The van der Waals surface area contributed by atoms with Crippen molar-refractivity contribution >= 4 is 45.8 Å². The normalized spacial score (nSPS) is 11.3. The van der Waals surface area contributed by atoms with Gasteiger partial charge in [0.05, 0.1) is 25.7 Å². The van der Waals surface area contributed by atoms with Crippen molar-refractivity contribution in [1.29, 1.82) is 0 Å². The zero-order valence-corrected chi connectivity index (χ0v) is 20.3. The largest absolute Gasteiger partial charge is 0.493 e. The summed E-state index contributed by atoms with van der Waals surface area (Å²) < 4.78 is 11.7. The molecule has 0 radical (unpaired) electrons. The zero-order chi connectivity index (χ0) is 24.8. The minimum Gasteiger partial charge on any atom is -0.493 e. The number of hydrazone groups is 1. The van der Waals surface area contributed by atoms with E-state index in [1.807, 2.05) is 25.1 Å². The van der Waals surface area contributed by atoms with E-state index >= 15 is 0 Å². The maximum Gasteiger partial charge on any atom is 0.264 e. The summed E-state index contributed by atoms with van der Waals surface area (Å²) in [5, 5.41) is 17.9. The number of methoxy groups -OCH3 is 2. The fourth-order valence-corrected chi connectivity index (χ4v) is 3.96. The van der Waals surface area contributed by atoms with Gasteiger partial charge in [0.2, 0.25) is 11.1 Å². The number of aromatic nitrogens is 3. The molecule has 4 rings (SSSR count). The molecule has 4 N–H and O–H groups in total. The van der Waals surface area contributed by atoms with Crippen LogP contribution in [-0.2, 0) is 4.79 Å². The Morgan fingerprint density at radius 1 is 1.03 bits per heavy atom. The lowest BCUT2D eigenvalue weighted by molar-refractivity contribution is -0.113. The average Bonchev–Trinajstić information content (AvgIpc) is 3.24. The number of rotatable bonds is 9. The number of hydrogen-bond donors (Lipinski definition) is 3. The lowest BCUT2D eigenvalue weighted by atomic mass is 10.0. The second kappa shape index (κ2) is 10.8. The predicted molar refractivity (Wildman–Crippen MR) is 139 cm³/mol. The van der Waals surface area contributed by atoms with Gasteiger partial charge in [-0.2, -0.15) is 5.10 Å². The molecule has 0 fully saturated rings. The Labute approximate surface area is 206 Å².